The Labute approximate surface area is 152 Å². The number of anilines is 1. The van der Waals surface area contributed by atoms with Gasteiger partial charge in [-0.25, -0.2) is 0 Å². The van der Waals surface area contributed by atoms with Crippen LogP contribution in [0.5, 0.6) is 0 Å². The summed E-state index contributed by atoms with van der Waals surface area (Å²) in [6, 6.07) is 11.1. The van der Waals surface area contributed by atoms with Crippen LogP contribution in [0.4, 0.5) is 5.69 Å². The average molecular weight is 350 g/mol. The molecule has 134 valence electrons. The van der Waals surface area contributed by atoms with E-state index in [1.165, 1.54) is 6.20 Å². The van der Waals surface area contributed by atoms with E-state index in [1.54, 1.807) is 12.1 Å². The van der Waals surface area contributed by atoms with Crippen LogP contribution in [-0.2, 0) is 11.2 Å². The van der Waals surface area contributed by atoms with Gasteiger partial charge in [0.2, 0.25) is 5.91 Å². The van der Waals surface area contributed by atoms with Gasteiger partial charge in [-0.05, 0) is 44.5 Å². The monoisotopic (exact) mass is 350 g/mol. The van der Waals surface area contributed by atoms with Crippen molar-refractivity contribution in [3.63, 3.8) is 0 Å². The minimum Gasteiger partial charge on any atom is -0.361 e. The largest absolute Gasteiger partial charge is 0.361 e. The zero-order chi connectivity index (χ0) is 18.7. The molecule has 2 aromatic heterocycles. The van der Waals surface area contributed by atoms with Gasteiger partial charge in [-0.2, -0.15) is 0 Å². The lowest BCUT2D eigenvalue weighted by Crippen LogP contribution is -2.40. The van der Waals surface area contributed by atoms with Gasteiger partial charge in [-0.15, -0.1) is 0 Å². The predicted molar refractivity (Wildman–Crippen MR) is 102 cm³/mol. The molecule has 26 heavy (non-hydrogen) atoms. The van der Waals surface area contributed by atoms with Crippen molar-refractivity contribution in [2.75, 3.05) is 5.32 Å². The van der Waals surface area contributed by atoms with Crippen LogP contribution in [-0.4, -0.2) is 27.3 Å². The van der Waals surface area contributed by atoms with Crippen molar-refractivity contribution in [1.82, 2.24) is 15.3 Å². The first kappa shape index (κ1) is 17.7. The van der Waals surface area contributed by atoms with Crippen molar-refractivity contribution in [2.24, 2.45) is 0 Å². The Bertz CT molecular complexity index is 954. The van der Waals surface area contributed by atoms with Crippen LogP contribution in [0.1, 0.15) is 36.8 Å². The molecule has 6 nitrogen and oxygen atoms in total. The number of amides is 2. The molecular formula is C20H22N4O2. The van der Waals surface area contributed by atoms with Crippen molar-refractivity contribution in [3.05, 3.63) is 60.0 Å². The second-order valence-corrected chi connectivity index (χ2v) is 7.22. The van der Waals surface area contributed by atoms with Crippen molar-refractivity contribution in [3.8, 4) is 0 Å². The third-order valence-corrected chi connectivity index (χ3v) is 3.79. The molecule has 0 unspecified atom stereocenters. The first-order valence-electron chi connectivity index (χ1n) is 8.45. The van der Waals surface area contributed by atoms with Crippen molar-refractivity contribution < 1.29 is 9.59 Å². The van der Waals surface area contributed by atoms with Gasteiger partial charge in [0.25, 0.3) is 5.91 Å². The van der Waals surface area contributed by atoms with Crippen LogP contribution in [0.3, 0.4) is 0 Å². The Kier molecular flexibility index (Phi) is 4.75. The molecule has 0 atom stereocenters. The number of rotatable bonds is 4. The zero-order valence-corrected chi connectivity index (χ0v) is 15.1. The average Bonchev–Trinajstić information content (AvgIpc) is 2.96. The van der Waals surface area contributed by atoms with Gasteiger partial charge in [0.15, 0.2) is 0 Å². The Morgan fingerprint density at radius 3 is 2.69 bits per heavy atom. The standard InChI is InChI=1S/C20H22N4O2/c1-20(2,3)24-19(26)17-11-14(8-9-21-17)23-18(25)10-13-12-22-16-7-5-4-6-15(13)16/h4-9,11-12,22H,10H2,1-3H3,(H,24,26)(H,21,23,25). The molecule has 2 amide bonds. The summed E-state index contributed by atoms with van der Waals surface area (Å²) in [5, 5.41) is 6.71. The minimum atomic E-state index is -0.354. The van der Waals surface area contributed by atoms with Gasteiger partial charge in [-0.1, -0.05) is 18.2 Å². The third kappa shape index (κ3) is 4.27. The number of para-hydroxylation sites is 1. The molecule has 2 heterocycles. The van der Waals surface area contributed by atoms with Gasteiger partial charge in [0, 0.05) is 34.5 Å². The summed E-state index contributed by atoms with van der Waals surface area (Å²) in [4.78, 5) is 31.8. The minimum absolute atomic E-state index is 0.150. The number of nitrogens with zero attached hydrogens (tertiary/aromatic N) is 1. The molecule has 0 radical (unpaired) electrons. The van der Waals surface area contributed by atoms with E-state index in [0.29, 0.717) is 5.69 Å². The molecule has 0 aliphatic heterocycles. The quantitative estimate of drug-likeness (QED) is 0.675. The maximum absolute atomic E-state index is 12.4. The summed E-state index contributed by atoms with van der Waals surface area (Å²) in [5.74, 6) is -0.423. The summed E-state index contributed by atoms with van der Waals surface area (Å²) < 4.78 is 0. The molecule has 3 N–H and O–H groups in total. The fourth-order valence-corrected chi connectivity index (χ4v) is 2.69. The van der Waals surface area contributed by atoms with E-state index in [-0.39, 0.29) is 29.5 Å². The fraction of sp³-hybridized carbons (Fsp3) is 0.250. The predicted octanol–water partition coefficient (Wildman–Crippen LogP) is 3.27. The summed E-state index contributed by atoms with van der Waals surface area (Å²) in [6.45, 7) is 5.70. The molecule has 0 fully saturated rings. The number of carbonyl (C=O) groups is 2. The third-order valence-electron chi connectivity index (χ3n) is 3.79. The van der Waals surface area contributed by atoms with Crippen LogP contribution in [0, 0.1) is 0 Å². The number of carbonyl (C=O) groups excluding carboxylic acids is 2. The Balaban J connectivity index is 1.70. The van der Waals surface area contributed by atoms with Crippen LogP contribution < -0.4 is 10.6 Å². The van der Waals surface area contributed by atoms with E-state index in [1.807, 2.05) is 51.2 Å². The molecule has 0 saturated carbocycles. The van der Waals surface area contributed by atoms with Crippen LogP contribution in [0.25, 0.3) is 10.9 Å². The van der Waals surface area contributed by atoms with Crippen molar-refractivity contribution in [1.29, 1.82) is 0 Å². The highest BCUT2D eigenvalue weighted by Crippen LogP contribution is 2.19. The van der Waals surface area contributed by atoms with Gasteiger partial charge in [0.05, 0.1) is 6.42 Å². The van der Waals surface area contributed by atoms with Crippen molar-refractivity contribution in [2.45, 2.75) is 32.7 Å². The van der Waals surface area contributed by atoms with Crippen molar-refractivity contribution >= 4 is 28.4 Å². The second-order valence-electron chi connectivity index (χ2n) is 7.22. The van der Waals surface area contributed by atoms with Gasteiger partial charge < -0.3 is 15.6 Å². The molecule has 0 spiro atoms. The number of nitrogens with one attached hydrogen (secondary N) is 3. The maximum Gasteiger partial charge on any atom is 0.270 e. The number of aromatic nitrogens is 2. The Morgan fingerprint density at radius 2 is 1.92 bits per heavy atom. The first-order chi connectivity index (χ1) is 12.3. The lowest BCUT2D eigenvalue weighted by atomic mass is 10.1. The van der Waals surface area contributed by atoms with Gasteiger partial charge in [0.1, 0.15) is 5.69 Å². The summed E-state index contributed by atoms with van der Waals surface area (Å²) in [5.41, 5.74) is 2.39. The first-order valence-corrected chi connectivity index (χ1v) is 8.45. The highest BCUT2D eigenvalue weighted by Gasteiger charge is 2.17. The maximum atomic E-state index is 12.4. The van der Waals surface area contributed by atoms with Crippen LogP contribution in [0.2, 0.25) is 0 Å². The summed E-state index contributed by atoms with van der Waals surface area (Å²) in [6.07, 6.45) is 3.60. The summed E-state index contributed by atoms with van der Waals surface area (Å²) >= 11 is 0. The van der Waals surface area contributed by atoms with E-state index < -0.39 is 0 Å². The lowest BCUT2D eigenvalue weighted by Gasteiger charge is -2.20. The SMILES string of the molecule is CC(C)(C)NC(=O)c1cc(NC(=O)Cc2c[nH]c3ccccc23)ccn1. The number of hydrogen-bond acceptors (Lipinski definition) is 3. The number of benzene rings is 1. The molecule has 1 aromatic carbocycles. The Hall–Kier alpha value is -3.15. The van der Waals surface area contributed by atoms with E-state index in [2.05, 4.69) is 20.6 Å². The molecular weight excluding hydrogens is 328 g/mol. The molecule has 0 aliphatic rings. The van der Waals surface area contributed by atoms with E-state index in [9.17, 15) is 9.59 Å². The number of aromatic amines is 1. The number of pyridine rings is 1. The smallest absolute Gasteiger partial charge is 0.270 e. The zero-order valence-electron chi connectivity index (χ0n) is 15.1. The Morgan fingerprint density at radius 1 is 1.15 bits per heavy atom. The lowest BCUT2D eigenvalue weighted by molar-refractivity contribution is -0.115. The molecule has 3 rings (SSSR count). The topological polar surface area (TPSA) is 86.9 Å². The highest BCUT2D eigenvalue weighted by molar-refractivity contribution is 5.98. The van der Waals surface area contributed by atoms with Gasteiger partial charge in [-0.3, -0.25) is 14.6 Å². The highest BCUT2D eigenvalue weighted by atomic mass is 16.2. The molecule has 0 saturated heterocycles. The fourth-order valence-electron chi connectivity index (χ4n) is 2.69. The normalized spacial score (nSPS) is 11.3. The second kappa shape index (κ2) is 7.00. The van der Waals surface area contributed by atoms with E-state index in [0.717, 1.165) is 16.5 Å². The van der Waals surface area contributed by atoms with Crippen LogP contribution >= 0.6 is 0 Å². The van der Waals surface area contributed by atoms with Gasteiger partial charge >= 0.3 is 0 Å². The molecule has 0 aliphatic carbocycles. The molecule has 0 bridgehead atoms. The van der Waals surface area contributed by atoms with E-state index >= 15 is 0 Å². The van der Waals surface area contributed by atoms with E-state index in [4.69, 9.17) is 0 Å². The number of hydrogen-bond donors (Lipinski definition) is 3. The van der Waals surface area contributed by atoms with Crippen LogP contribution in [0.15, 0.2) is 48.8 Å². The molecule has 6 heteroatoms. The number of H-pyrrole nitrogens is 1. The molecule has 3 aromatic rings. The summed E-state index contributed by atoms with van der Waals surface area (Å²) in [7, 11) is 0. The number of fused-ring (bicyclic) bond motifs is 1.